The molecule has 7 heteroatoms. The highest BCUT2D eigenvalue weighted by Gasteiger charge is 2.14. The number of nitrogens with zero attached hydrogens (tertiary/aromatic N) is 2. The molecular formula is C11H9ClN2O4. The van der Waals surface area contributed by atoms with Crippen molar-refractivity contribution in [2.24, 2.45) is 0 Å². The molecule has 0 aliphatic rings. The predicted octanol–water partition coefficient (Wildman–Crippen LogP) is 1.14. The Morgan fingerprint density at radius 2 is 2.28 bits per heavy atom. The lowest BCUT2D eigenvalue weighted by Crippen LogP contribution is -2.25. The second-order valence-electron chi connectivity index (χ2n) is 3.52. The maximum atomic E-state index is 12.1. The Morgan fingerprint density at radius 3 is 2.89 bits per heavy atom. The van der Waals surface area contributed by atoms with Crippen LogP contribution in [0.5, 0.6) is 5.75 Å². The summed E-state index contributed by atoms with van der Waals surface area (Å²) in [5, 5.41) is 8.80. The molecule has 0 bridgehead atoms. The first kappa shape index (κ1) is 12.4. The number of hydrogen-bond donors (Lipinski definition) is 1. The molecule has 0 atom stereocenters. The topological polar surface area (TPSA) is 81.4 Å². The summed E-state index contributed by atoms with van der Waals surface area (Å²) < 4.78 is 5.97. The van der Waals surface area contributed by atoms with Gasteiger partial charge < -0.3 is 9.84 Å². The van der Waals surface area contributed by atoms with Crippen LogP contribution in [0.1, 0.15) is 0 Å². The molecule has 0 aliphatic carbocycles. The molecule has 2 rings (SSSR count). The number of aromatic nitrogens is 2. The Balaban J connectivity index is 2.79. The third kappa shape index (κ3) is 2.02. The average molecular weight is 269 g/mol. The number of methoxy groups -OCH3 is 1. The summed E-state index contributed by atoms with van der Waals surface area (Å²) in [5.41, 5.74) is -0.192. The quantitative estimate of drug-likeness (QED) is 0.844. The molecule has 1 aromatic heterocycles. The van der Waals surface area contributed by atoms with Gasteiger partial charge in [0.1, 0.15) is 17.8 Å². The maximum Gasteiger partial charge on any atom is 0.323 e. The number of carbonyl (C=O) groups is 1. The number of hydrogen-bond acceptors (Lipinski definition) is 4. The van der Waals surface area contributed by atoms with Crippen LogP contribution < -0.4 is 10.3 Å². The summed E-state index contributed by atoms with van der Waals surface area (Å²) in [4.78, 5) is 26.7. The Bertz CT molecular complexity index is 681. The molecule has 0 saturated carbocycles. The molecular weight excluding hydrogens is 260 g/mol. The zero-order valence-corrected chi connectivity index (χ0v) is 10.1. The zero-order chi connectivity index (χ0) is 13.3. The van der Waals surface area contributed by atoms with Gasteiger partial charge in [-0.25, -0.2) is 4.98 Å². The Morgan fingerprint density at radius 1 is 1.56 bits per heavy atom. The van der Waals surface area contributed by atoms with Crippen LogP contribution in [-0.2, 0) is 11.3 Å². The molecule has 0 unspecified atom stereocenters. The van der Waals surface area contributed by atoms with E-state index in [1.54, 1.807) is 18.2 Å². The molecule has 0 spiro atoms. The minimum atomic E-state index is -1.16. The third-order valence-corrected chi connectivity index (χ3v) is 2.70. The van der Waals surface area contributed by atoms with E-state index in [2.05, 4.69) is 4.98 Å². The fourth-order valence-corrected chi connectivity index (χ4v) is 1.85. The molecule has 1 aromatic carbocycles. The van der Waals surface area contributed by atoms with Crippen LogP contribution >= 0.6 is 11.6 Å². The zero-order valence-electron chi connectivity index (χ0n) is 9.38. The van der Waals surface area contributed by atoms with E-state index in [-0.39, 0.29) is 10.7 Å². The first-order valence-corrected chi connectivity index (χ1v) is 5.37. The normalized spacial score (nSPS) is 10.6. The summed E-state index contributed by atoms with van der Waals surface area (Å²) >= 11 is 5.81. The van der Waals surface area contributed by atoms with Crippen LogP contribution in [-0.4, -0.2) is 27.7 Å². The van der Waals surface area contributed by atoms with Crippen LogP contribution in [0.2, 0.25) is 5.28 Å². The van der Waals surface area contributed by atoms with Crippen molar-refractivity contribution in [2.45, 2.75) is 6.54 Å². The predicted molar refractivity (Wildman–Crippen MR) is 65.2 cm³/mol. The van der Waals surface area contributed by atoms with E-state index < -0.39 is 18.1 Å². The monoisotopic (exact) mass is 268 g/mol. The number of halogens is 1. The number of ether oxygens (including phenoxy) is 1. The number of aliphatic carboxylic acids is 1. The van der Waals surface area contributed by atoms with Crippen LogP contribution in [0.4, 0.5) is 0 Å². The number of para-hydroxylation sites is 1. The van der Waals surface area contributed by atoms with Gasteiger partial charge in [0.2, 0.25) is 5.28 Å². The van der Waals surface area contributed by atoms with Crippen molar-refractivity contribution < 1.29 is 14.6 Å². The van der Waals surface area contributed by atoms with Gasteiger partial charge in [-0.1, -0.05) is 6.07 Å². The van der Waals surface area contributed by atoms with Crippen LogP contribution in [0, 0.1) is 0 Å². The highest BCUT2D eigenvalue weighted by Crippen LogP contribution is 2.22. The second kappa shape index (κ2) is 4.66. The van der Waals surface area contributed by atoms with E-state index in [9.17, 15) is 9.59 Å². The number of carboxylic acid groups (broad SMARTS) is 1. The Hall–Kier alpha value is -2.08. The standard InChI is InChI=1S/C11H9ClN2O4/c1-18-7-4-2-3-6-9(7)13-11(12)14(10(6)17)5-8(15)16/h2-4H,5H2,1H3,(H,15,16). The summed E-state index contributed by atoms with van der Waals surface area (Å²) in [5.74, 6) is -0.753. The second-order valence-corrected chi connectivity index (χ2v) is 3.86. The first-order chi connectivity index (χ1) is 8.54. The number of fused-ring (bicyclic) bond motifs is 1. The number of rotatable bonds is 3. The largest absolute Gasteiger partial charge is 0.494 e. The van der Waals surface area contributed by atoms with Gasteiger partial charge in [0.05, 0.1) is 12.5 Å². The molecule has 94 valence electrons. The maximum absolute atomic E-state index is 12.1. The summed E-state index contributed by atoms with van der Waals surface area (Å²) in [6.45, 7) is -0.530. The third-order valence-electron chi connectivity index (χ3n) is 2.41. The molecule has 18 heavy (non-hydrogen) atoms. The molecule has 1 N–H and O–H groups in total. The lowest BCUT2D eigenvalue weighted by atomic mass is 10.2. The first-order valence-electron chi connectivity index (χ1n) is 4.99. The van der Waals surface area contributed by atoms with Crippen molar-refractivity contribution >= 4 is 28.5 Å². The fraction of sp³-hybridized carbons (Fsp3) is 0.182. The van der Waals surface area contributed by atoms with Gasteiger partial charge in [0.15, 0.2) is 0 Å². The van der Waals surface area contributed by atoms with Crippen molar-refractivity contribution in [1.29, 1.82) is 0 Å². The van der Waals surface area contributed by atoms with Gasteiger partial charge in [0.25, 0.3) is 5.56 Å². The highest BCUT2D eigenvalue weighted by atomic mass is 35.5. The van der Waals surface area contributed by atoms with Crippen molar-refractivity contribution in [3.63, 3.8) is 0 Å². The van der Waals surface area contributed by atoms with Gasteiger partial charge in [-0.2, -0.15) is 0 Å². The van der Waals surface area contributed by atoms with E-state index in [1.165, 1.54) is 7.11 Å². The summed E-state index contributed by atoms with van der Waals surface area (Å²) in [7, 11) is 1.45. The molecule has 2 aromatic rings. The minimum Gasteiger partial charge on any atom is -0.494 e. The van der Waals surface area contributed by atoms with E-state index >= 15 is 0 Å². The minimum absolute atomic E-state index is 0.181. The number of carboxylic acids is 1. The van der Waals surface area contributed by atoms with Crippen molar-refractivity contribution in [2.75, 3.05) is 7.11 Å². The molecule has 0 amide bonds. The summed E-state index contributed by atoms with van der Waals surface area (Å²) in [6, 6.07) is 4.82. The lowest BCUT2D eigenvalue weighted by molar-refractivity contribution is -0.137. The molecule has 0 saturated heterocycles. The fourth-order valence-electron chi connectivity index (χ4n) is 1.63. The molecule has 6 nitrogen and oxygen atoms in total. The average Bonchev–Trinajstić information content (AvgIpc) is 2.33. The lowest BCUT2D eigenvalue weighted by Gasteiger charge is -2.08. The van der Waals surface area contributed by atoms with E-state index in [4.69, 9.17) is 21.4 Å². The van der Waals surface area contributed by atoms with Crippen LogP contribution in [0.25, 0.3) is 10.9 Å². The van der Waals surface area contributed by atoms with Crippen molar-refractivity contribution in [3.8, 4) is 5.75 Å². The van der Waals surface area contributed by atoms with E-state index in [0.29, 0.717) is 11.3 Å². The summed E-state index contributed by atoms with van der Waals surface area (Å²) in [6.07, 6.45) is 0. The smallest absolute Gasteiger partial charge is 0.323 e. The van der Waals surface area contributed by atoms with Gasteiger partial charge in [0, 0.05) is 0 Å². The molecule has 0 fully saturated rings. The molecule has 0 aliphatic heterocycles. The van der Waals surface area contributed by atoms with Crippen molar-refractivity contribution in [1.82, 2.24) is 9.55 Å². The van der Waals surface area contributed by atoms with E-state index in [0.717, 1.165) is 4.57 Å². The van der Waals surface area contributed by atoms with Crippen molar-refractivity contribution in [3.05, 3.63) is 33.8 Å². The molecule has 1 heterocycles. The van der Waals surface area contributed by atoms with Gasteiger partial charge >= 0.3 is 5.97 Å². The Kier molecular flexibility index (Phi) is 3.20. The van der Waals surface area contributed by atoms with Gasteiger partial charge in [-0.3, -0.25) is 14.2 Å². The van der Waals surface area contributed by atoms with Crippen LogP contribution in [0.3, 0.4) is 0 Å². The van der Waals surface area contributed by atoms with E-state index in [1.807, 2.05) is 0 Å². The van der Waals surface area contributed by atoms with Gasteiger partial charge in [-0.05, 0) is 23.7 Å². The number of benzene rings is 1. The SMILES string of the molecule is COc1cccc2c(=O)n(CC(=O)O)c(Cl)nc12. The molecule has 0 radical (unpaired) electrons. The van der Waals surface area contributed by atoms with Gasteiger partial charge in [-0.15, -0.1) is 0 Å². The van der Waals surface area contributed by atoms with Crippen LogP contribution in [0.15, 0.2) is 23.0 Å². The Labute approximate surface area is 106 Å². The highest BCUT2D eigenvalue weighted by molar-refractivity contribution is 6.28.